The molecular formula is C26H29N3O5. The Kier molecular flexibility index (Phi) is 8.96. The standard InChI is InChI=1S/C26H29N3O5/c1-19(30)28-22(17-21-11-6-3-7-12-21)26(33)29-15-14-27-25(32)23(29)18-24(31)34-16-8-13-20-9-4-2-5-10-20/h2-7,9-12,17,23H,8,13-16,18H2,1H3,(H,27,32)(H,28,30). The Hall–Kier alpha value is -3.94. The van der Waals surface area contributed by atoms with Crippen molar-refractivity contribution in [2.45, 2.75) is 32.2 Å². The van der Waals surface area contributed by atoms with E-state index < -0.39 is 29.7 Å². The first kappa shape index (κ1) is 24.7. The summed E-state index contributed by atoms with van der Waals surface area (Å²) in [4.78, 5) is 51.3. The maximum absolute atomic E-state index is 13.3. The van der Waals surface area contributed by atoms with E-state index in [1.807, 2.05) is 48.5 Å². The van der Waals surface area contributed by atoms with Gasteiger partial charge in [-0.05, 0) is 30.0 Å². The molecule has 2 N–H and O–H groups in total. The quantitative estimate of drug-likeness (QED) is 0.337. The summed E-state index contributed by atoms with van der Waals surface area (Å²) in [5, 5.41) is 5.25. The summed E-state index contributed by atoms with van der Waals surface area (Å²) in [7, 11) is 0. The molecule has 3 amide bonds. The van der Waals surface area contributed by atoms with Gasteiger partial charge in [0.05, 0.1) is 13.0 Å². The Balaban J connectivity index is 1.64. The van der Waals surface area contributed by atoms with Gasteiger partial charge in [0.15, 0.2) is 0 Å². The van der Waals surface area contributed by atoms with E-state index in [1.165, 1.54) is 11.8 Å². The number of rotatable bonds is 9. The fourth-order valence-corrected chi connectivity index (χ4v) is 3.70. The maximum atomic E-state index is 13.3. The van der Waals surface area contributed by atoms with Crippen LogP contribution in [0.1, 0.15) is 30.9 Å². The number of nitrogens with one attached hydrogen (secondary N) is 2. The highest BCUT2D eigenvalue weighted by atomic mass is 16.5. The third kappa shape index (κ3) is 7.30. The summed E-state index contributed by atoms with van der Waals surface area (Å²) >= 11 is 0. The van der Waals surface area contributed by atoms with Crippen molar-refractivity contribution < 1.29 is 23.9 Å². The number of ether oxygens (including phenoxy) is 1. The van der Waals surface area contributed by atoms with Crippen molar-refractivity contribution in [2.75, 3.05) is 19.7 Å². The third-order valence-electron chi connectivity index (χ3n) is 5.32. The molecule has 34 heavy (non-hydrogen) atoms. The van der Waals surface area contributed by atoms with E-state index in [0.29, 0.717) is 6.42 Å². The molecule has 0 radical (unpaired) electrons. The van der Waals surface area contributed by atoms with E-state index in [9.17, 15) is 19.2 Å². The van der Waals surface area contributed by atoms with E-state index in [-0.39, 0.29) is 31.8 Å². The van der Waals surface area contributed by atoms with Gasteiger partial charge in [0.25, 0.3) is 5.91 Å². The maximum Gasteiger partial charge on any atom is 0.308 e. The number of benzene rings is 2. The Morgan fingerprint density at radius 1 is 1.09 bits per heavy atom. The molecule has 178 valence electrons. The summed E-state index contributed by atoms with van der Waals surface area (Å²) in [6.07, 6.45) is 2.71. The predicted molar refractivity (Wildman–Crippen MR) is 127 cm³/mol. The second-order valence-electron chi connectivity index (χ2n) is 7.97. The Morgan fingerprint density at radius 3 is 2.44 bits per heavy atom. The predicted octanol–water partition coefficient (Wildman–Crippen LogP) is 2.06. The van der Waals surface area contributed by atoms with E-state index in [4.69, 9.17) is 4.74 Å². The zero-order chi connectivity index (χ0) is 24.3. The first-order valence-electron chi connectivity index (χ1n) is 11.3. The number of hydrogen-bond donors (Lipinski definition) is 2. The summed E-state index contributed by atoms with van der Waals surface area (Å²) in [6.45, 7) is 1.99. The Bertz CT molecular complexity index is 1040. The lowest BCUT2D eigenvalue weighted by Crippen LogP contribution is -2.58. The van der Waals surface area contributed by atoms with Gasteiger partial charge in [-0.1, -0.05) is 60.7 Å². The van der Waals surface area contributed by atoms with Crippen LogP contribution in [0, 0.1) is 0 Å². The second-order valence-corrected chi connectivity index (χ2v) is 7.97. The summed E-state index contributed by atoms with van der Waals surface area (Å²) < 4.78 is 5.32. The lowest BCUT2D eigenvalue weighted by atomic mass is 10.1. The molecular weight excluding hydrogens is 434 g/mol. The van der Waals surface area contributed by atoms with Crippen LogP contribution >= 0.6 is 0 Å². The molecule has 8 heteroatoms. The van der Waals surface area contributed by atoms with Crippen LogP contribution in [-0.4, -0.2) is 54.3 Å². The average Bonchev–Trinajstić information content (AvgIpc) is 2.83. The molecule has 1 atom stereocenters. The zero-order valence-corrected chi connectivity index (χ0v) is 19.2. The number of carbonyl (C=O) groups excluding carboxylic acids is 4. The lowest BCUT2D eigenvalue weighted by Gasteiger charge is -2.35. The van der Waals surface area contributed by atoms with Gasteiger partial charge < -0.3 is 20.3 Å². The number of piperazine rings is 1. The van der Waals surface area contributed by atoms with Crippen molar-refractivity contribution in [1.82, 2.24) is 15.5 Å². The molecule has 0 aliphatic carbocycles. The second kappa shape index (κ2) is 12.3. The minimum absolute atomic E-state index is 0.0367. The van der Waals surface area contributed by atoms with E-state index in [2.05, 4.69) is 10.6 Å². The Morgan fingerprint density at radius 2 is 1.76 bits per heavy atom. The molecule has 1 fully saturated rings. The number of amides is 3. The van der Waals surface area contributed by atoms with Crippen molar-refractivity contribution in [1.29, 1.82) is 0 Å². The highest BCUT2D eigenvalue weighted by Gasteiger charge is 2.36. The van der Waals surface area contributed by atoms with Gasteiger partial charge in [0, 0.05) is 20.0 Å². The van der Waals surface area contributed by atoms with Crippen LogP contribution in [0.15, 0.2) is 66.4 Å². The minimum atomic E-state index is -1.02. The van der Waals surface area contributed by atoms with E-state index in [1.54, 1.807) is 18.2 Å². The SMILES string of the molecule is CC(=O)NC(=Cc1ccccc1)C(=O)N1CCNC(=O)C1CC(=O)OCCCc1ccccc1. The van der Waals surface area contributed by atoms with Gasteiger partial charge in [-0.3, -0.25) is 19.2 Å². The van der Waals surface area contributed by atoms with Crippen LogP contribution < -0.4 is 10.6 Å². The molecule has 0 bridgehead atoms. The van der Waals surface area contributed by atoms with Crippen molar-refractivity contribution in [3.05, 3.63) is 77.5 Å². The number of carbonyl (C=O) groups is 4. The molecule has 2 aromatic rings. The molecule has 0 saturated carbocycles. The minimum Gasteiger partial charge on any atom is -0.466 e. The highest BCUT2D eigenvalue weighted by Crippen LogP contribution is 2.15. The molecule has 1 unspecified atom stereocenters. The van der Waals surface area contributed by atoms with Crippen LogP contribution in [0.25, 0.3) is 6.08 Å². The molecule has 8 nitrogen and oxygen atoms in total. The fourth-order valence-electron chi connectivity index (χ4n) is 3.70. The summed E-state index contributed by atoms with van der Waals surface area (Å²) in [6, 6.07) is 17.9. The first-order valence-corrected chi connectivity index (χ1v) is 11.3. The van der Waals surface area contributed by atoms with Gasteiger partial charge in [-0.25, -0.2) is 0 Å². The van der Waals surface area contributed by atoms with Crippen molar-refractivity contribution in [3.63, 3.8) is 0 Å². The summed E-state index contributed by atoms with van der Waals surface area (Å²) in [5.74, 6) is -1.93. The average molecular weight is 464 g/mol. The van der Waals surface area contributed by atoms with Gasteiger partial charge >= 0.3 is 5.97 Å². The number of hydrogen-bond acceptors (Lipinski definition) is 5. The van der Waals surface area contributed by atoms with Gasteiger partial charge in [-0.2, -0.15) is 0 Å². The van der Waals surface area contributed by atoms with Crippen LogP contribution in [0.2, 0.25) is 0 Å². The molecule has 0 spiro atoms. The topological polar surface area (TPSA) is 105 Å². The smallest absolute Gasteiger partial charge is 0.308 e. The normalized spacial score (nSPS) is 15.9. The molecule has 1 saturated heterocycles. The van der Waals surface area contributed by atoms with Crippen LogP contribution in [-0.2, 0) is 30.3 Å². The van der Waals surface area contributed by atoms with Crippen molar-refractivity contribution in [3.8, 4) is 0 Å². The molecule has 1 aliphatic rings. The first-order chi connectivity index (χ1) is 16.4. The van der Waals surface area contributed by atoms with Gasteiger partial charge in [0.2, 0.25) is 11.8 Å². The molecule has 3 rings (SSSR count). The highest BCUT2D eigenvalue weighted by molar-refractivity contribution is 6.03. The number of nitrogens with zero attached hydrogens (tertiary/aromatic N) is 1. The van der Waals surface area contributed by atoms with Gasteiger partial charge in [-0.15, -0.1) is 0 Å². The van der Waals surface area contributed by atoms with Crippen LogP contribution in [0.5, 0.6) is 0 Å². The molecule has 0 aromatic heterocycles. The van der Waals surface area contributed by atoms with Crippen LogP contribution in [0.4, 0.5) is 0 Å². The van der Waals surface area contributed by atoms with E-state index in [0.717, 1.165) is 17.5 Å². The monoisotopic (exact) mass is 463 g/mol. The number of aryl methyl sites for hydroxylation is 1. The third-order valence-corrected chi connectivity index (χ3v) is 5.32. The van der Waals surface area contributed by atoms with Crippen molar-refractivity contribution >= 4 is 29.8 Å². The number of esters is 1. The largest absolute Gasteiger partial charge is 0.466 e. The van der Waals surface area contributed by atoms with Crippen LogP contribution in [0.3, 0.4) is 0 Å². The van der Waals surface area contributed by atoms with E-state index >= 15 is 0 Å². The summed E-state index contributed by atoms with van der Waals surface area (Å²) in [5.41, 5.74) is 1.91. The van der Waals surface area contributed by atoms with Gasteiger partial charge in [0.1, 0.15) is 11.7 Å². The zero-order valence-electron chi connectivity index (χ0n) is 19.2. The molecule has 1 aliphatic heterocycles. The fraction of sp³-hybridized carbons (Fsp3) is 0.308. The lowest BCUT2D eigenvalue weighted by molar-refractivity contribution is -0.151. The molecule has 1 heterocycles. The van der Waals surface area contributed by atoms with Crippen molar-refractivity contribution in [2.24, 2.45) is 0 Å². The Labute approximate surface area is 199 Å². The molecule has 2 aromatic carbocycles.